The standard InChI is InChI=1S/C13H28O4Si/c1-6-13(5)14-11-10-12-18(15-7-2,16-8-3)17-9-4/h6H,7-12H2,1-5H3. The Labute approximate surface area is 113 Å². The third-order valence-electron chi connectivity index (χ3n) is 2.46. The van der Waals surface area contributed by atoms with Crippen molar-refractivity contribution in [2.45, 2.75) is 47.1 Å². The third-order valence-corrected chi connectivity index (χ3v) is 5.61. The Morgan fingerprint density at radius 3 is 1.89 bits per heavy atom. The Morgan fingerprint density at radius 1 is 1.00 bits per heavy atom. The van der Waals surface area contributed by atoms with E-state index < -0.39 is 8.80 Å². The van der Waals surface area contributed by atoms with Crippen LogP contribution in [0.15, 0.2) is 11.8 Å². The number of hydrogen-bond acceptors (Lipinski definition) is 4. The van der Waals surface area contributed by atoms with Gasteiger partial charge in [0.25, 0.3) is 0 Å². The molecule has 0 rings (SSSR count). The second-order valence-electron chi connectivity index (χ2n) is 3.83. The van der Waals surface area contributed by atoms with E-state index in [0.717, 1.165) is 18.2 Å². The lowest BCUT2D eigenvalue weighted by molar-refractivity contribution is 0.0685. The van der Waals surface area contributed by atoms with Crippen molar-refractivity contribution in [1.29, 1.82) is 0 Å². The fraction of sp³-hybridized carbons (Fsp3) is 0.846. The zero-order valence-corrected chi connectivity index (χ0v) is 13.5. The maximum absolute atomic E-state index is 5.77. The Kier molecular flexibility index (Phi) is 10.3. The fourth-order valence-electron chi connectivity index (χ4n) is 1.61. The molecule has 0 fully saturated rings. The van der Waals surface area contributed by atoms with Crippen LogP contribution >= 0.6 is 0 Å². The van der Waals surface area contributed by atoms with Gasteiger partial charge in [-0.25, -0.2) is 0 Å². The molecule has 0 saturated heterocycles. The molecule has 0 N–H and O–H groups in total. The minimum atomic E-state index is -2.48. The van der Waals surface area contributed by atoms with Gasteiger partial charge in [-0.1, -0.05) is 6.08 Å². The Morgan fingerprint density at radius 2 is 1.50 bits per heavy atom. The minimum absolute atomic E-state index is 0.626. The molecular formula is C13H28O4Si. The zero-order chi connectivity index (χ0) is 13.9. The molecule has 0 aromatic carbocycles. The van der Waals surface area contributed by atoms with Gasteiger partial charge in [-0.3, -0.25) is 0 Å². The summed E-state index contributed by atoms with van der Waals surface area (Å²) in [7, 11) is -2.48. The lowest BCUT2D eigenvalue weighted by Gasteiger charge is -2.28. The molecule has 0 aromatic rings. The van der Waals surface area contributed by atoms with E-state index in [9.17, 15) is 0 Å². The summed E-state index contributed by atoms with van der Waals surface area (Å²) in [5, 5.41) is 0. The molecule has 0 amide bonds. The van der Waals surface area contributed by atoms with Crippen LogP contribution in [0.4, 0.5) is 0 Å². The largest absolute Gasteiger partial charge is 0.501 e. The van der Waals surface area contributed by atoms with Crippen LogP contribution in [0.25, 0.3) is 0 Å². The van der Waals surface area contributed by atoms with Crippen molar-refractivity contribution >= 4 is 8.80 Å². The van der Waals surface area contributed by atoms with Crippen LogP contribution in [-0.2, 0) is 18.0 Å². The summed E-state index contributed by atoms with van der Waals surface area (Å²) in [6, 6.07) is 0.805. The van der Waals surface area contributed by atoms with Crippen molar-refractivity contribution < 1.29 is 18.0 Å². The van der Waals surface area contributed by atoms with Gasteiger partial charge in [0.2, 0.25) is 0 Å². The predicted molar refractivity (Wildman–Crippen MR) is 75.4 cm³/mol. The molecule has 0 aromatic heterocycles. The topological polar surface area (TPSA) is 36.9 Å². The first-order valence-corrected chi connectivity index (χ1v) is 8.74. The van der Waals surface area contributed by atoms with E-state index in [1.807, 2.05) is 40.7 Å². The van der Waals surface area contributed by atoms with Crippen molar-refractivity contribution in [1.82, 2.24) is 0 Å². The summed E-state index contributed by atoms with van der Waals surface area (Å²) in [5.74, 6) is 0.950. The van der Waals surface area contributed by atoms with Gasteiger partial charge in [0.1, 0.15) is 0 Å². The second-order valence-corrected chi connectivity index (χ2v) is 6.57. The average Bonchev–Trinajstić information content (AvgIpc) is 2.35. The first kappa shape index (κ1) is 17.6. The minimum Gasteiger partial charge on any atom is -0.499 e. The molecule has 0 radical (unpaired) electrons. The van der Waals surface area contributed by atoms with Gasteiger partial charge in [0.15, 0.2) is 0 Å². The van der Waals surface area contributed by atoms with Gasteiger partial charge < -0.3 is 18.0 Å². The number of hydrogen-bond donors (Lipinski definition) is 0. The van der Waals surface area contributed by atoms with Crippen LogP contribution in [0, 0.1) is 0 Å². The Bertz CT molecular complexity index is 214. The van der Waals surface area contributed by atoms with E-state index in [1.165, 1.54) is 0 Å². The van der Waals surface area contributed by atoms with Crippen LogP contribution in [-0.4, -0.2) is 35.2 Å². The molecule has 0 spiro atoms. The molecule has 18 heavy (non-hydrogen) atoms. The van der Waals surface area contributed by atoms with Gasteiger partial charge >= 0.3 is 8.80 Å². The monoisotopic (exact) mass is 276 g/mol. The van der Waals surface area contributed by atoms with E-state index in [4.69, 9.17) is 18.0 Å². The highest BCUT2D eigenvalue weighted by Gasteiger charge is 2.39. The third kappa shape index (κ3) is 7.16. The highest BCUT2D eigenvalue weighted by Crippen LogP contribution is 2.18. The summed E-state index contributed by atoms with van der Waals surface area (Å²) < 4.78 is 22.8. The summed E-state index contributed by atoms with van der Waals surface area (Å²) in [6.07, 6.45) is 2.84. The molecule has 0 heterocycles. The highest BCUT2D eigenvalue weighted by atomic mass is 28.4. The smallest absolute Gasteiger partial charge is 0.499 e. The summed E-state index contributed by atoms with van der Waals surface area (Å²) in [5.41, 5.74) is 0. The molecule has 0 unspecified atom stereocenters. The Hall–Kier alpha value is -0.363. The van der Waals surface area contributed by atoms with Gasteiger partial charge in [-0.15, -0.1) is 0 Å². The molecule has 0 aliphatic heterocycles. The molecule has 108 valence electrons. The van der Waals surface area contributed by atoms with E-state index in [-0.39, 0.29) is 0 Å². The van der Waals surface area contributed by atoms with E-state index >= 15 is 0 Å². The maximum atomic E-state index is 5.77. The number of allylic oxidation sites excluding steroid dienone is 2. The van der Waals surface area contributed by atoms with Crippen molar-refractivity contribution in [3.63, 3.8) is 0 Å². The van der Waals surface area contributed by atoms with Crippen LogP contribution < -0.4 is 0 Å². The van der Waals surface area contributed by atoms with Gasteiger partial charge in [-0.2, -0.15) is 0 Å². The van der Waals surface area contributed by atoms with E-state index in [0.29, 0.717) is 26.4 Å². The van der Waals surface area contributed by atoms with Crippen LogP contribution in [0.2, 0.25) is 6.04 Å². The van der Waals surface area contributed by atoms with Crippen LogP contribution in [0.5, 0.6) is 0 Å². The Balaban J connectivity index is 4.20. The van der Waals surface area contributed by atoms with Crippen molar-refractivity contribution in [2.75, 3.05) is 26.4 Å². The van der Waals surface area contributed by atoms with Crippen molar-refractivity contribution in [3.8, 4) is 0 Å². The molecular weight excluding hydrogens is 248 g/mol. The zero-order valence-electron chi connectivity index (χ0n) is 12.5. The average molecular weight is 276 g/mol. The van der Waals surface area contributed by atoms with E-state index in [1.54, 1.807) is 0 Å². The quantitative estimate of drug-likeness (QED) is 0.329. The summed E-state index contributed by atoms with van der Waals surface area (Å²) in [4.78, 5) is 0. The second kappa shape index (κ2) is 10.5. The van der Waals surface area contributed by atoms with Crippen LogP contribution in [0.3, 0.4) is 0 Å². The fourth-order valence-corrected chi connectivity index (χ4v) is 4.19. The molecule has 0 saturated carbocycles. The van der Waals surface area contributed by atoms with Gasteiger partial charge in [0.05, 0.1) is 12.4 Å². The highest BCUT2D eigenvalue weighted by molar-refractivity contribution is 6.60. The number of ether oxygens (including phenoxy) is 1. The first-order valence-electron chi connectivity index (χ1n) is 6.81. The molecule has 0 atom stereocenters. The van der Waals surface area contributed by atoms with Crippen molar-refractivity contribution in [2.24, 2.45) is 0 Å². The lowest BCUT2D eigenvalue weighted by atomic mass is 10.5. The summed E-state index contributed by atoms with van der Waals surface area (Å²) >= 11 is 0. The maximum Gasteiger partial charge on any atom is 0.501 e. The normalized spacial score (nSPS) is 12.8. The molecule has 4 nitrogen and oxygen atoms in total. The molecule has 5 heteroatoms. The number of rotatable bonds is 11. The molecule has 0 aliphatic rings. The van der Waals surface area contributed by atoms with Gasteiger partial charge in [-0.05, 0) is 41.0 Å². The van der Waals surface area contributed by atoms with Crippen molar-refractivity contribution in [3.05, 3.63) is 11.8 Å². The van der Waals surface area contributed by atoms with Crippen LogP contribution in [0.1, 0.15) is 41.0 Å². The predicted octanol–water partition coefficient (Wildman–Crippen LogP) is 3.37. The molecule has 0 bridgehead atoms. The molecule has 0 aliphatic carbocycles. The first-order chi connectivity index (χ1) is 8.64. The lowest BCUT2D eigenvalue weighted by Crippen LogP contribution is -2.46. The van der Waals surface area contributed by atoms with Gasteiger partial charge in [0, 0.05) is 25.9 Å². The summed E-state index contributed by atoms with van der Waals surface area (Å²) in [6.45, 7) is 12.4. The van der Waals surface area contributed by atoms with E-state index in [2.05, 4.69) is 0 Å². The SMILES string of the molecule is CC=C(C)OCCC[Si](OCC)(OCC)OCC.